The van der Waals surface area contributed by atoms with Crippen LogP contribution in [0.1, 0.15) is 26.2 Å². The predicted octanol–water partition coefficient (Wildman–Crippen LogP) is 1.31. The Morgan fingerprint density at radius 3 is 3.08 bits per heavy atom. The van der Waals surface area contributed by atoms with Gasteiger partial charge in [-0.05, 0) is 12.8 Å². The fraction of sp³-hybridized carbons (Fsp3) is 0.875. The van der Waals surface area contributed by atoms with Crippen LogP contribution in [0.4, 0.5) is 0 Å². The maximum Gasteiger partial charge on any atom is 0.326 e. The van der Waals surface area contributed by atoms with Gasteiger partial charge in [0, 0.05) is 13.5 Å². The van der Waals surface area contributed by atoms with Crippen molar-refractivity contribution in [3.8, 4) is 0 Å². The predicted molar refractivity (Wildman–Crippen MR) is 44.7 cm³/mol. The second kappa shape index (κ2) is 2.60. The number of hydrogen-bond donors (Lipinski definition) is 0. The number of piperidine rings is 1. The van der Waals surface area contributed by atoms with Gasteiger partial charge in [-0.25, -0.2) is 4.90 Å². The molecule has 2 aliphatic heterocycles. The second-order valence-corrected chi connectivity index (χ2v) is 4.20. The van der Waals surface area contributed by atoms with Crippen LogP contribution < -0.4 is 0 Å². The van der Waals surface area contributed by atoms with Crippen LogP contribution in [0.15, 0.2) is 0 Å². The van der Waals surface area contributed by atoms with Crippen LogP contribution in [0, 0.1) is 0 Å². The summed E-state index contributed by atoms with van der Waals surface area (Å²) in [6, 6.07) is -0.0822. The molecule has 2 atom stereocenters. The quantitative estimate of drug-likeness (QED) is 0.327. The summed E-state index contributed by atoms with van der Waals surface area (Å²) in [5.74, 6) is -0.160. The first kappa shape index (κ1) is 8.32. The first-order valence-corrected chi connectivity index (χ1v) is 4.67. The number of hydrogen-bond acceptors (Lipinski definition) is 3. The van der Waals surface area contributed by atoms with Crippen molar-refractivity contribution in [1.29, 1.82) is 0 Å². The number of alkyl halides is 1. The van der Waals surface area contributed by atoms with Crippen molar-refractivity contribution in [3.05, 3.63) is 0 Å². The van der Waals surface area contributed by atoms with Gasteiger partial charge in [0.15, 0.2) is 0 Å². The van der Waals surface area contributed by atoms with Crippen LogP contribution >= 0.6 is 11.6 Å². The van der Waals surface area contributed by atoms with Gasteiger partial charge in [0.2, 0.25) is 5.18 Å². The third-order valence-electron chi connectivity index (χ3n) is 2.57. The summed E-state index contributed by atoms with van der Waals surface area (Å²) < 4.78 is 5.05. The van der Waals surface area contributed by atoms with Crippen molar-refractivity contribution in [1.82, 2.24) is 4.90 Å². The van der Waals surface area contributed by atoms with Crippen molar-refractivity contribution in [2.24, 2.45) is 0 Å². The van der Waals surface area contributed by atoms with Gasteiger partial charge < -0.3 is 4.74 Å². The number of ether oxygens (including phenoxy) is 1. The van der Waals surface area contributed by atoms with Gasteiger partial charge in [0.25, 0.3) is 0 Å². The molecular formula is C8H12ClNO2. The monoisotopic (exact) mass is 189 g/mol. The van der Waals surface area contributed by atoms with Crippen molar-refractivity contribution < 1.29 is 9.53 Å². The van der Waals surface area contributed by atoms with E-state index in [2.05, 4.69) is 0 Å². The standard InChI is InChI=1S/C8H12ClNO2/c1-8(9)10-5-3-2-4-6(10)7(11)12-8/h6H,2-5H2,1H3/t6-,8-/m0/s1. The van der Waals surface area contributed by atoms with E-state index in [1.165, 1.54) is 0 Å². The zero-order chi connectivity index (χ0) is 8.77. The summed E-state index contributed by atoms with van der Waals surface area (Å²) in [4.78, 5) is 13.2. The van der Waals surface area contributed by atoms with E-state index in [1.54, 1.807) is 6.92 Å². The fourth-order valence-electron chi connectivity index (χ4n) is 1.96. The number of nitrogens with zero attached hydrogens (tertiary/aromatic N) is 1. The Labute approximate surface area is 76.6 Å². The molecule has 2 fully saturated rings. The van der Waals surface area contributed by atoms with E-state index in [-0.39, 0.29) is 12.0 Å². The molecular weight excluding hydrogens is 178 g/mol. The first-order valence-electron chi connectivity index (χ1n) is 4.30. The van der Waals surface area contributed by atoms with Crippen LogP contribution in [0.5, 0.6) is 0 Å². The lowest BCUT2D eigenvalue weighted by atomic mass is 10.0. The first-order chi connectivity index (χ1) is 5.61. The lowest BCUT2D eigenvalue weighted by Crippen LogP contribution is -2.45. The maximum absolute atomic E-state index is 11.3. The molecule has 2 saturated heterocycles. The third kappa shape index (κ3) is 1.12. The Hall–Kier alpha value is -0.280. The second-order valence-electron chi connectivity index (χ2n) is 3.50. The molecule has 0 aromatic heterocycles. The molecule has 0 spiro atoms. The minimum Gasteiger partial charge on any atom is -0.428 e. The van der Waals surface area contributed by atoms with Gasteiger partial charge in [-0.3, -0.25) is 4.79 Å². The summed E-state index contributed by atoms with van der Waals surface area (Å²) in [5, 5.41) is -0.887. The van der Waals surface area contributed by atoms with Crippen molar-refractivity contribution in [2.45, 2.75) is 37.4 Å². The Morgan fingerprint density at radius 2 is 2.42 bits per heavy atom. The lowest BCUT2D eigenvalue weighted by Gasteiger charge is -2.32. The highest BCUT2D eigenvalue weighted by atomic mass is 35.5. The molecule has 0 unspecified atom stereocenters. The average Bonchev–Trinajstić information content (AvgIpc) is 2.25. The smallest absolute Gasteiger partial charge is 0.326 e. The molecule has 0 bridgehead atoms. The summed E-state index contributed by atoms with van der Waals surface area (Å²) >= 11 is 6.02. The highest BCUT2D eigenvalue weighted by Gasteiger charge is 2.49. The number of carbonyl (C=O) groups is 1. The Morgan fingerprint density at radius 1 is 1.67 bits per heavy atom. The molecule has 2 heterocycles. The van der Waals surface area contributed by atoms with Gasteiger partial charge in [0.1, 0.15) is 6.04 Å². The fourth-order valence-corrected chi connectivity index (χ4v) is 2.24. The van der Waals surface area contributed by atoms with E-state index in [1.807, 2.05) is 4.90 Å². The lowest BCUT2D eigenvalue weighted by molar-refractivity contribution is -0.144. The van der Waals surface area contributed by atoms with Gasteiger partial charge in [-0.2, -0.15) is 0 Å². The van der Waals surface area contributed by atoms with Gasteiger partial charge in [-0.15, -0.1) is 0 Å². The van der Waals surface area contributed by atoms with E-state index in [0.717, 1.165) is 25.8 Å². The van der Waals surface area contributed by atoms with Gasteiger partial charge in [0.05, 0.1) is 0 Å². The molecule has 2 aliphatic rings. The van der Waals surface area contributed by atoms with Crippen LogP contribution in [0.2, 0.25) is 0 Å². The van der Waals surface area contributed by atoms with Crippen LogP contribution in [-0.2, 0) is 9.53 Å². The van der Waals surface area contributed by atoms with E-state index in [0.29, 0.717) is 0 Å². The van der Waals surface area contributed by atoms with Gasteiger partial charge in [-0.1, -0.05) is 18.0 Å². The molecule has 2 rings (SSSR count). The number of cyclic esters (lactones) is 1. The molecule has 68 valence electrons. The van der Waals surface area contributed by atoms with E-state index in [4.69, 9.17) is 16.3 Å². The number of esters is 1. The number of carbonyl (C=O) groups excluding carboxylic acids is 1. The normalized spacial score (nSPS) is 42.5. The molecule has 0 saturated carbocycles. The van der Waals surface area contributed by atoms with E-state index < -0.39 is 5.18 Å². The summed E-state index contributed by atoms with van der Waals surface area (Å²) in [7, 11) is 0. The molecule has 0 aliphatic carbocycles. The average molecular weight is 190 g/mol. The van der Waals surface area contributed by atoms with Crippen LogP contribution in [-0.4, -0.2) is 28.6 Å². The molecule has 0 aromatic rings. The minimum atomic E-state index is -0.887. The number of fused-ring (bicyclic) bond motifs is 1. The topological polar surface area (TPSA) is 29.5 Å². The Bertz CT molecular complexity index is 217. The molecule has 12 heavy (non-hydrogen) atoms. The molecule has 4 heteroatoms. The highest BCUT2D eigenvalue weighted by Crippen LogP contribution is 2.36. The van der Waals surface area contributed by atoms with Crippen molar-refractivity contribution in [3.63, 3.8) is 0 Å². The largest absolute Gasteiger partial charge is 0.428 e. The summed E-state index contributed by atoms with van der Waals surface area (Å²) in [5.41, 5.74) is 0. The zero-order valence-corrected chi connectivity index (χ0v) is 7.80. The van der Waals surface area contributed by atoms with E-state index >= 15 is 0 Å². The zero-order valence-electron chi connectivity index (χ0n) is 7.05. The van der Waals surface area contributed by atoms with E-state index in [9.17, 15) is 4.79 Å². The van der Waals surface area contributed by atoms with Crippen LogP contribution in [0.25, 0.3) is 0 Å². The van der Waals surface area contributed by atoms with Gasteiger partial charge >= 0.3 is 5.97 Å². The van der Waals surface area contributed by atoms with Crippen molar-refractivity contribution in [2.75, 3.05) is 6.54 Å². The van der Waals surface area contributed by atoms with Crippen molar-refractivity contribution >= 4 is 17.6 Å². The Balaban J connectivity index is 2.22. The Kier molecular flexibility index (Phi) is 1.81. The molecule has 0 N–H and O–H groups in total. The van der Waals surface area contributed by atoms with Crippen LogP contribution in [0.3, 0.4) is 0 Å². The molecule has 0 radical (unpaired) electrons. The SMILES string of the molecule is C[C@@]1(Cl)OC(=O)[C@@H]2CCCCN21. The summed E-state index contributed by atoms with van der Waals surface area (Å²) in [6.45, 7) is 2.61. The minimum absolute atomic E-state index is 0.0822. The molecule has 0 amide bonds. The maximum atomic E-state index is 11.3. The molecule has 3 nitrogen and oxygen atoms in total. The highest BCUT2D eigenvalue weighted by molar-refractivity contribution is 6.23. The summed E-state index contributed by atoms with van der Waals surface area (Å²) in [6.07, 6.45) is 3.10. The molecule has 0 aromatic carbocycles. The number of rotatable bonds is 0. The number of halogens is 1. The third-order valence-corrected chi connectivity index (χ3v) is 2.87.